The standard InChI is InChI=1S/C22H21N3O4/c26-14-6-5-13-11-25(12-22(7-8-22)16(13)9-14)19(27)10-18-21(29)23-17-4-2-1-3-15(17)20(28)24-18/h1-6,9,18,26H,7-8,10-12H2,(H,23,29)(H,24,28)/t18-/m0/s1. The van der Waals surface area contributed by atoms with E-state index in [-0.39, 0.29) is 35.3 Å². The molecule has 3 aliphatic rings. The van der Waals surface area contributed by atoms with Crippen LogP contribution in [0.2, 0.25) is 0 Å². The van der Waals surface area contributed by atoms with Gasteiger partial charge in [-0.05, 0) is 48.2 Å². The molecule has 29 heavy (non-hydrogen) atoms. The Morgan fingerprint density at radius 3 is 2.76 bits per heavy atom. The number of fused-ring (bicyclic) bond motifs is 3. The zero-order valence-corrected chi connectivity index (χ0v) is 15.8. The molecule has 148 valence electrons. The minimum atomic E-state index is -0.918. The number of para-hydroxylation sites is 1. The maximum absolute atomic E-state index is 13.0. The van der Waals surface area contributed by atoms with Gasteiger partial charge in [0.05, 0.1) is 17.7 Å². The number of aromatic hydroxyl groups is 1. The molecule has 0 radical (unpaired) electrons. The second-order valence-corrected chi connectivity index (χ2v) is 8.14. The van der Waals surface area contributed by atoms with Gasteiger partial charge in [0.1, 0.15) is 11.8 Å². The Bertz CT molecular complexity index is 1040. The van der Waals surface area contributed by atoms with Crippen molar-refractivity contribution in [1.29, 1.82) is 0 Å². The highest BCUT2D eigenvalue weighted by molar-refractivity contribution is 6.10. The number of anilines is 1. The van der Waals surface area contributed by atoms with Crippen molar-refractivity contribution < 1.29 is 19.5 Å². The molecule has 2 aromatic rings. The fraction of sp³-hybridized carbons (Fsp3) is 0.318. The Hall–Kier alpha value is -3.35. The summed E-state index contributed by atoms with van der Waals surface area (Å²) in [6, 6.07) is 11.2. The van der Waals surface area contributed by atoms with Gasteiger partial charge >= 0.3 is 0 Å². The van der Waals surface area contributed by atoms with Crippen LogP contribution in [0, 0.1) is 0 Å². The molecular weight excluding hydrogens is 370 g/mol. The van der Waals surface area contributed by atoms with Gasteiger partial charge in [-0.2, -0.15) is 0 Å². The van der Waals surface area contributed by atoms with Crippen molar-refractivity contribution in [2.75, 3.05) is 11.9 Å². The summed E-state index contributed by atoms with van der Waals surface area (Å²) in [7, 11) is 0. The number of rotatable bonds is 2. The van der Waals surface area contributed by atoms with Gasteiger partial charge in [-0.3, -0.25) is 14.4 Å². The van der Waals surface area contributed by atoms with E-state index < -0.39 is 6.04 Å². The van der Waals surface area contributed by atoms with Crippen molar-refractivity contribution in [2.45, 2.75) is 37.3 Å². The zero-order valence-electron chi connectivity index (χ0n) is 15.8. The summed E-state index contributed by atoms with van der Waals surface area (Å²) in [4.78, 5) is 39.9. The largest absolute Gasteiger partial charge is 0.508 e. The van der Waals surface area contributed by atoms with Crippen molar-refractivity contribution in [1.82, 2.24) is 10.2 Å². The van der Waals surface area contributed by atoms with Crippen molar-refractivity contribution >= 4 is 23.4 Å². The Kier molecular flexibility index (Phi) is 3.87. The summed E-state index contributed by atoms with van der Waals surface area (Å²) >= 11 is 0. The van der Waals surface area contributed by atoms with Crippen molar-refractivity contribution in [2.24, 2.45) is 0 Å². The number of carbonyl (C=O) groups excluding carboxylic acids is 3. The van der Waals surface area contributed by atoms with Gasteiger partial charge in [0.25, 0.3) is 5.91 Å². The van der Waals surface area contributed by atoms with E-state index >= 15 is 0 Å². The molecule has 1 spiro atoms. The first-order valence-corrected chi connectivity index (χ1v) is 9.76. The molecule has 1 saturated carbocycles. The number of nitrogens with zero attached hydrogens (tertiary/aromatic N) is 1. The van der Waals surface area contributed by atoms with Crippen LogP contribution in [0.25, 0.3) is 0 Å². The van der Waals surface area contributed by atoms with E-state index in [4.69, 9.17) is 0 Å². The van der Waals surface area contributed by atoms with Crippen LogP contribution in [0.4, 0.5) is 5.69 Å². The summed E-state index contributed by atoms with van der Waals surface area (Å²) in [6.45, 7) is 1.02. The van der Waals surface area contributed by atoms with E-state index in [1.807, 2.05) is 6.07 Å². The molecule has 0 saturated heterocycles. The van der Waals surface area contributed by atoms with Gasteiger partial charge in [0, 0.05) is 18.5 Å². The summed E-state index contributed by atoms with van der Waals surface area (Å²) in [6.07, 6.45) is 1.86. The first-order chi connectivity index (χ1) is 13.9. The van der Waals surface area contributed by atoms with Gasteiger partial charge in [-0.1, -0.05) is 18.2 Å². The number of phenols is 1. The summed E-state index contributed by atoms with van der Waals surface area (Å²) in [5, 5.41) is 15.3. The third-order valence-electron chi connectivity index (χ3n) is 6.16. The van der Waals surface area contributed by atoms with Crippen LogP contribution < -0.4 is 10.6 Å². The van der Waals surface area contributed by atoms with Gasteiger partial charge in [-0.25, -0.2) is 0 Å². The van der Waals surface area contributed by atoms with Crippen LogP contribution >= 0.6 is 0 Å². The fourth-order valence-corrected chi connectivity index (χ4v) is 4.42. The Morgan fingerprint density at radius 2 is 1.97 bits per heavy atom. The fourth-order valence-electron chi connectivity index (χ4n) is 4.42. The number of nitrogens with one attached hydrogen (secondary N) is 2. The highest BCUT2D eigenvalue weighted by Crippen LogP contribution is 2.53. The predicted octanol–water partition coefficient (Wildman–Crippen LogP) is 1.91. The molecule has 2 aliphatic heterocycles. The molecule has 5 rings (SSSR count). The van der Waals surface area contributed by atoms with Gasteiger partial charge in [0.2, 0.25) is 11.8 Å². The minimum Gasteiger partial charge on any atom is -0.508 e. The minimum absolute atomic E-state index is 0.0882. The van der Waals surface area contributed by atoms with Crippen LogP contribution in [0.1, 0.15) is 40.7 Å². The number of hydrogen-bond acceptors (Lipinski definition) is 4. The average molecular weight is 391 g/mol. The lowest BCUT2D eigenvalue weighted by atomic mass is 9.86. The average Bonchev–Trinajstić information content (AvgIpc) is 3.48. The third-order valence-corrected chi connectivity index (χ3v) is 6.16. The Morgan fingerprint density at radius 1 is 1.17 bits per heavy atom. The summed E-state index contributed by atoms with van der Waals surface area (Å²) in [5.41, 5.74) is 2.90. The maximum Gasteiger partial charge on any atom is 0.254 e. The van der Waals surface area contributed by atoms with Crippen LogP contribution in [0.15, 0.2) is 42.5 Å². The first kappa shape index (κ1) is 17.7. The number of amides is 3. The molecule has 7 heteroatoms. The van der Waals surface area contributed by atoms with Crippen LogP contribution in [0.5, 0.6) is 5.75 Å². The van der Waals surface area contributed by atoms with E-state index in [1.54, 1.807) is 41.3 Å². The smallest absolute Gasteiger partial charge is 0.254 e. The molecule has 3 N–H and O–H groups in total. The Labute approximate surface area is 167 Å². The molecule has 1 fully saturated rings. The lowest BCUT2D eigenvalue weighted by Gasteiger charge is -2.35. The molecule has 7 nitrogen and oxygen atoms in total. The predicted molar refractivity (Wildman–Crippen MR) is 105 cm³/mol. The van der Waals surface area contributed by atoms with Gasteiger partial charge in [-0.15, -0.1) is 0 Å². The summed E-state index contributed by atoms with van der Waals surface area (Å²) < 4.78 is 0. The second-order valence-electron chi connectivity index (χ2n) is 8.14. The molecule has 3 amide bonds. The quantitative estimate of drug-likeness (QED) is 0.728. The van der Waals surface area contributed by atoms with E-state index in [0.717, 1.165) is 24.0 Å². The molecule has 1 aliphatic carbocycles. The summed E-state index contributed by atoms with van der Waals surface area (Å²) in [5.74, 6) is -0.677. The van der Waals surface area contributed by atoms with Crippen molar-refractivity contribution in [3.63, 3.8) is 0 Å². The van der Waals surface area contributed by atoms with E-state index in [2.05, 4.69) is 10.6 Å². The molecule has 2 heterocycles. The highest BCUT2D eigenvalue weighted by Gasteiger charge is 2.50. The second kappa shape index (κ2) is 6.34. The molecule has 0 bridgehead atoms. The first-order valence-electron chi connectivity index (χ1n) is 9.76. The van der Waals surface area contributed by atoms with E-state index in [9.17, 15) is 19.5 Å². The highest BCUT2D eigenvalue weighted by atomic mass is 16.3. The molecule has 1 atom stereocenters. The number of hydrogen-bond donors (Lipinski definition) is 3. The lowest BCUT2D eigenvalue weighted by Crippen LogP contribution is -2.48. The van der Waals surface area contributed by atoms with Crippen LogP contribution in [-0.4, -0.2) is 40.3 Å². The number of benzene rings is 2. The zero-order chi connectivity index (χ0) is 20.2. The van der Waals surface area contributed by atoms with Gasteiger partial charge < -0.3 is 20.6 Å². The molecule has 0 unspecified atom stereocenters. The number of carbonyl (C=O) groups is 3. The Balaban J connectivity index is 1.34. The SMILES string of the molecule is O=C1N[C@@H](CC(=O)N2Cc3ccc(O)cc3C3(CC3)C2)C(=O)Nc2ccccc21. The van der Waals surface area contributed by atoms with Gasteiger partial charge in [0.15, 0.2) is 0 Å². The molecule has 2 aromatic carbocycles. The third kappa shape index (κ3) is 3.03. The van der Waals surface area contributed by atoms with Crippen molar-refractivity contribution in [3.8, 4) is 5.75 Å². The molecular formula is C22H21N3O4. The van der Waals surface area contributed by atoms with E-state index in [1.165, 1.54) is 0 Å². The topological polar surface area (TPSA) is 98.7 Å². The monoisotopic (exact) mass is 391 g/mol. The van der Waals surface area contributed by atoms with E-state index in [0.29, 0.717) is 24.3 Å². The van der Waals surface area contributed by atoms with Crippen LogP contribution in [0.3, 0.4) is 0 Å². The normalized spacial score (nSPS) is 21.5. The lowest BCUT2D eigenvalue weighted by molar-refractivity contribution is -0.135. The van der Waals surface area contributed by atoms with Crippen molar-refractivity contribution in [3.05, 3.63) is 59.2 Å². The maximum atomic E-state index is 13.0. The molecule has 0 aromatic heterocycles. The van der Waals surface area contributed by atoms with Crippen LogP contribution in [-0.2, 0) is 21.5 Å². The number of phenolic OH excluding ortho intramolecular Hbond substituents is 1.